The summed E-state index contributed by atoms with van der Waals surface area (Å²) in [5.74, 6) is -3.75. The second-order valence-electron chi connectivity index (χ2n) is 17.6. The van der Waals surface area contributed by atoms with E-state index in [-0.39, 0.29) is 43.3 Å². The van der Waals surface area contributed by atoms with Gasteiger partial charge in [-0.3, -0.25) is 28.8 Å². The molecule has 65 heavy (non-hydrogen) atoms. The maximum Gasteiger partial charge on any atom is 0.242 e. The fourth-order valence-electron chi connectivity index (χ4n) is 10.6. The second kappa shape index (κ2) is 16.2. The van der Waals surface area contributed by atoms with Gasteiger partial charge in [-0.15, -0.1) is 11.3 Å². The van der Waals surface area contributed by atoms with E-state index in [2.05, 4.69) is 10.2 Å². The van der Waals surface area contributed by atoms with Crippen LogP contribution >= 0.6 is 22.9 Å². The van der Waals surface area contributed by atoms with Crippen LogP contribution in [0.3, 0.4) is 0 Å². The van der Waals surface area contributed by atoms with E-state index in [9.17, 15) is 14.7 Å². The van der Waals surface area contributed by atoms with Crippen molar-refractivity contribution in [3.8, 4) is 16.3 Å². The third-order valence-corrected chi connectivity index (χ3v) is 15.3. The molecule has 4 heterocycles. The number of thiophene rings is 1. The number of hydrogen-bond acceptors (Lipinski definition) is 11. The van der Waals surface area contributed by atoms with Crippen LogP contribution < -0.4 is 19.4 Å². The number of imide groups is 2. The third-order valence-electron chi connectivity index (χ3n) is 13.8. The highest BCUT2D eigenvalue weighted by molar-refractivity contribution is 7.22. The van der Waals surface area contributed by atoms with E-state index in [0.717, 1.165) is 37.4 Å². The topological polar surface area (TPSA) is 150 Å². The molecule has 2 aliphatic carbocycles. The normalized spacial score (nSPS) is 23.9. The highest BCUT2D eigenvalue weighted by atomic mass is 35.5. The van der Waals surface area contributed by atoms with Crippen LogP contribution in [0.1, 0.15) is 36.8 Å². The zero-order valence-corrected chi connectivity index (χ0v) is 38.0. The van der Waals surface area contributed by atoms with Crippen molar-refractivity contribution in [1.29, 1.82) is 0 Å². The number of aromatic nitrogens is 2. The SMILES string of the molecule is Cc1c(-c2cc(N3C(=O)C4CC5C(=CCC6C(=O)N(c7ccc(N=Nc8ccc(N(C)C)cc8)cc7)C(=O)C65)C(c5ccc(OCCO)cc5)C4(C)C3=O)n(C)n2)sc2ccc(Cl)cc12. The first-order valence-corrected chi connectivity index (χ1v) is 22.8. The number of aliphatic hydroxyl groups excluding tert-OH is 1. The number of carbonyl (C=O) groups is 4. The number of rotatable bonds is 10. The number of fused-ring (bicyclic) bond motifs is 5. The van der Waals surface area contributed by atoms with E-state index in [0.29, 0.717) is 45.8 Å². The molecule has 1 saturated carbocycles. The molecule has 10 rings (SSSR count). The van der Waals surface area contributed by atoms with Crippen LogP contribution in [0.5, 0.6) is 5.75 Å². The molecule has 6 unspecified atom stereocenters. The van der Waals surface area contributed by atoms with E-state index >= 15 is 9.59 Å². The first-order valence-electron chi connectivity index (χ1n) is 21.6. The van der Waals surface area contributed by atoms with Gasteiger partial charge in [0, 0.05) is 48.5 Å². The number of allylic oxidation sites excluding steroid dienone is 2. The summed E-state index contributed by atoms with van der Waals surface area (Å²) in [5, 5.41) is 24.6. The summed E-state index contributed by atoms with van der Waals surface area (Å²) >= 11 is 7.93. The third kappa shape index (κ3) is 6.88. The number of amides is 4. The van der Waals surface area contributed by atoms with Gasteiger partial charge in [0.05, 0.1) is 51.7 Å². The highest BCUT2D eigenvalue weighted by Crippen LogP contribution is 2.64. The number of hydrogen-bond donors (Lipinski definition) is 1. The van der Waals surface area contributed by atoms with Crippen LogP contribution in [0, 0.1) is 36.0 Å². The molecule has 3 fully saturated rings. The van der Waals surface area contributed by atoms with Crippen molar-refractivity contribution in [2.24, 2.45) is 46.4 Å². The molecule has 4 aliphatic rings. The maximum atomic E-state index is 15.3. The Morgan fingerprint density at radius 3 is 2.25 bits per heavy atom. The van der Waals surface area contributed by atoms with Gasteiger partial charge in [0.2, 0.25) is 23.6 Å². The molecule has 0 bridgehead atoms. The van der Waals surface area contributed by atoms with Crippen LogP contribution in [0.4, 0.5) is 28.6 Å². The Labute approximate surface area is 384 Å². The number of nitrogens with zero attached hydrogens (tertiary/aromatic N) is 7. The predicted octanol–water partition coefficient (Wildman–Crippen LogP) is 9.55. The summed E-state index contributed by atoms with van der Waals surface area (Å²) < 4.78 is 8.32. The fraction of sp³-hybridized carbons (Fsp3) is 0.300. The molecule has 4 amide bonds. The van der Waals surface area contributed by atoms with E-state index in [4.69, 9.17) is 21.4 Å². The first kappa shape index (κ1) is 42.5. The number of aliphatic hydroxyl groups is 1. The molecule has 0 radical (unpaired) electrons. The second-order valence-corrected chi connectivity index (χ2v) is 19.1. The zero-order valence-electron chi connectivity index (χ0n) is 36.4. The Balaban J connectivity index is 0.986. The molecule has 2 saturated heterocycles. The maximum absolute atomic E-state index is 15.3. The number of azo groups is 1. The summed E-state index contributed by atoms with van der Waals surface area (Å²) in [7, 11) is 5.67. The molecule has 0 spiro atoms. The van der Waals surface area contributed by atoms with E-state index < -0.39 is 35.0 Å². The monoisotopic (exact) mass is 907 g/mol. The van der Waals surface area contributed by atoms with Gasteiger partial charge < -0.3 is 14.7 Å². The van der Waals surface area contributed by atoms with E-state index in [1.165, 1.54) is 9.80 Å². The summed E-state index contributed by atoms with van der Waals surface area (Å²) in [5.41, 5.74) is 4.77. The average Bonchev–Trinajstić information content (AvgIpc) is 3.98. The van der Waals surface area contributed by atoms with Crippen molar-refractivity contribution >= 4 is 85.2 Å². The zero-order chi connectivity index (χ0) is 45.5. The summed E-state index contributed by atoms with van der Waals surface area (Å²) in [4.78, 5) is 64.9. The summed E-state index contributed by atoms with van der Waals surface area (Å²) in [6, 6.07) is 29.5. The van der Waals surface area contributed by atoms with Gasteiger partial charge in [-0.1, -0.05) is 35.4 Å². The summed E-state index contributed by atoms with van der Waals surface area (Å²) in [6.07, 6.45) is 2.56. The van der Waals surface area contributed by atoms with Crippen LogP contribution in [-0.4, -0.2) is 65.8 Å². The molecule has 2 aromatic heterocycles. The molecule has 330 valence electrons. The molecule has 2 aliphatic heterocycles. The van der Waals surface area contributed by atoms with Gasteiger partial charge in [-0.2, -0.15) is 15.3 Å². The van der Waals surface area contributed by atoms with Crippen LogP contribution in [0.15, 0.2) is 119 Å². The Bertz CT molecular complexity index is 2980. The average molecular weight is 908 g/mol. The quantitative estimate of drug-likeness (QED) is 0.0812. The minimum atomic E-state index is -1.25. The molecule has 6 aromatic rings. The standard InChI is InChI=1S/C50H46ClN7O6S/c1-27-37-24-29(51)8-21-41(37)65-45(27)40-26-42(56(5)54-40)58-47(61)39-25-38-35(44(50(39,2)49(58)63)28-6-17-34(18-7-28)64-23-22-59)19-20-36-43(38)48(62)57(46(36)60)33-15-11-31(12-16-33)53-52-30-9-13-32(14-10-30)55(3)4/h6-19,21,24,26,36,38-39,43-44,59H,20,22-23,25H2,1-5H3. The summed E-state index contributed by atoms with van der Waals surface area (Å²) in [6.45, 7) is 3.85. The van der Waals surface area contributed by atoms with Crippen LogP contribution in [0.25, 0.3) is 20.7 Å². The Hall–Kier alpha value is -6.48. The van der Waals surface area contributed by atoms with Gasteiger partial charge in [0.1, 0.15) is 23.9 Å². The number of carbonyl (C=O) groups excluding carboxylic acids is 4. The Kier molecular flexibility index (Phi) is 10.6. The number of benzene rings is 4. The largest absolute Gasteiger partial charge is 0.491 e. The molecule has 15 heteroatoms. The van der Waals surface area contributed by atoms with Crippen LogP contribution in [0.2, 0.25) is 5.02 Å². The minimum Gasteiger partial charge on any atom is -0.491 e. The smallest absolute Gasteiger partial charge is 0.242 e. The lowest BCUT2D eigenvalue weighted by Crippen LogP contribution is -2.48. The molecule has 1 N–H and O–H groups in total. The molecule has 6 atom stereocenters. The minimum absolute atomic E-state index is 0.118. The van der Waals surface area contributed by atoms with Gasteiger partial charge in [-0.25, -0.2) is 4.90 Å². The molecular weight excluding hydrogens is 862 g/mol. The van der Waals surface area contributed by atoms with Gasteiger partial charge >= 0.3 is 0 Å². The lowest BCUT2D eigenvalue weighted by Gasteiger charge is -2.49. The van der Waals surface area contributed by atoms with Gasteiger partial charge in [-0.05, 0) is 128 Å². The van der Waals surface area contributed by atoms with Gasteiger partial charge in [0.15, 0.2) is 0 Å². The lowest BCUT2D eigenvalue weighted by molar-refractivity contribution is -0.131. The Morgan fingerprint density at radius 1 is 0.877 bits per heavy atom. The van der Waals surface area contributed by atoms with Crippen molar-refractivity contribution in [1.82, 2.24) is 9.78 Å². The number of anilines is 3. The number of halogens is 1. The first-order chi connectivity index (χ1) is 31.3. The number of ether oxygens (including phenoxy) is 1. The molecule has 13 nitrogen and oxygen atoms in total. The van der Waals surface area contributed by atoms with Crippen molar-refractivity contribution in [3.05, 3.63) is 125 Å². The van der Waals surface area contributed by atoms with Crippen LogP contribution in [-0.2, 0) is 26.2 Å². The van der Waals surface area contributed by atoms with Gasteiger partial charge in [0.25, 0.3) is 0 Å². The van der Waals surface area contributed by atoms with E-state index in [1.807, 2.05) is 93.5 Å². The number of aryl methyl sites for hydroxylation is 2. The molecule has 4 aromatic carbocycles. The predicted molar refractivity (Wildman–Crippen MR) is 251 cm³/mol. The molecular formula is C50H46ClN7O6S. The van der Waals surface area contributed by atoms with E-state index in [1.54, 1.807) is 65.5 Å². The van der Waals surface area contributed by atoms with Crippen molar-refractivity contribution in [2.45, 2.75) is 32.6 Å². The van der Waals surface area contributed by atoms with Crippen molar-refractivity contribution in [3.63, 3.8) is 0 Å². The lowest BCUT2D eigenvalue weighted by atomic mass is 9.51. The van der Waals surface area contributed by atoms with Crippen molar-refractivity contribution in [2.75, 3.05) is 42.0 Å². The van der Waals surface area contributed by atoms with Crippen molar-refractivity contribution < 1.29 is 29.0 Å². The Morgan fingerprint density at radius 2 is 1.57 bits per heavy atom. The highest BCUT2D eigenvalue weighted by Gasteiger charge is 2.68. The fourth-order valence-corrected chi connectivity index (χ4v) is 11.9.